The van der Waals surface area contributed by atoms with Crippen molar-refractivity contribution in [3.63, 3.8) is 0 Å². The monoisotopic (exact) mass is 236 g/mol. The molecule has 1 fully saturated rings. The number of benzene rings is 1. The summed E-state index contributed by atoms with van der Waals surface area (Å²) in [4.78, 5) is 10.5. The lowest BCUT2D eigenvalue weighted by atomic mass is 10.0. The molecule has 0 unspecified atom stereocenters. The quantitative estimate of drug-likeness (QED) is 0.626. The van der Waals surface area contributed by atoms with Gasteiger partial charge >= 0.3 is 5.69 Å². The third-order valence-corrected chi connectivity index (χ3v) is 3.03. The number of nitrogens with zero attached hydrogens (tertiary/aromatic N) is 1. The van der Waals surface area contributed by atoms with Crippen molar-refractivity contribution in [2.45, 2.75) is 13.3 Å². The highest BCUT2D eigenvalue weighted by atomic mass is 16.6. The maximum absolute atomic E-state index is 10.9. The second kappa shape index (κ2) is 5.14. The fraction of sp³-hybridized carbons (Fsp3) is 0.500. The van der Waals surface area contributed by atoms with Crippen LogP contribution in [-0.2, 0) is 0 Å². The molecular weight excluding hydrogens is 220 g/mol. The summed E-state index contributed by atoms with van der Waals surface area (Å²) in [6, 6.07) is 5.16. The fourth-order valence-corrected chi connectivity index (χ4v) is 1.87. The van der Waals surface area contributed by atoms with E-state index in [1.807, 2.05) is 0 Å². The van der Waals surface area contributed by atoms with Crippen molar-refractivity contribution in [3.05, 3.63) is 33.9 Å². The summed E-state index contributed by atoms with van der Waals surface area (Å²) < 4.78 is 5.52. The van der Waals surface area contributed by atoms with Crippen LogP contribution in [0.25, 0.3) is 0 Å². The molecule has 2 rings (SSSR count). The van der Waals surface area contributed by atoms with Crippen molar-refractivity contribution in [2.75, 3.05) is 19.7 Å². The Kier molecular flexibility index (Phi) is 3.58. The summed E-state index contributed by atoms with van der Waals surface area (Å²) in [5.41, 5.74) is 0.719. The fourth-order valence-electron chi connectivity index (χ4n) is 1.87. The smallest absolute Gasteiger partial charge is 0.313 e. The number of nitro benzene ring substituents is 1. The van der Waals surface area contributed by atoms with Gasteiger partial charge < -0.3 is 10.1 Å². The van der Waals surface area contributed by atoms with Gasteiger partial charge in [-0.05, 0) is 38.4 Å². The van der Waals surface area contributed by atoms with Crippen molar-refractivity contribution in [1.29, 1.82) is 0 Å². The normalized spacial score (nSPS) is 15.4. The highest BCUT2D eigenvalue weighted by Gasteiger charge is 2.20. The van der Waals surface area contributed by atoms with Crippen molar-refractivity contribution in [2.24, 2.45) is 5.92 Å². The van der Waals surface area contributed by atoms with Crippen molar-refractivity contribution in [1.82, 2.24) is 5.32 Å². The van der Waals surface area contributed by atoms with Crippen molar-refractivity contribution < 1.29 is 9.66 Å². The molecule has 1 saturated heterocycles. The lowest BCUT2D eigenvalue weighted by Crippen LogP contribution is -2.42. The van der Waals surface area contributed by atoms with Crippen LogP contribution in [0.3, 0.4) is 0 Å². The van der Waals surface area contributed by atoms with Gasteiger partial charge in [-0.2, -0.15) is 0 Å². The molecule has 1 aromatic carbocycles. The SMILES string of the molecule is Cc1cccc(OCCC2CNC2)c1[N+](=O)[O-]. The molecule has 0 aliphatic carbocycles. The van der Waals surface area contributed by atoms with Gasteiger partial charge in [0.1, 0.15) is 0 Å². The highest BCUT2D eigenvalue weighted by molar-refractivity contribution is 5.51. The average molecular weight is 236 g/mol. The van der Waals surface area contributed by atoms with Crippen molar-refractivity contribution >= 4 is 5.69 Å². The van der Waals surface area contributed by atoms with Crippen LogP contribution in [0, 0.1) is 23.0 Å². The van der Waals surface area contributed by atoms with Gasteiger partial charge in [-0.1, -0.05) is 12.1 Å². The molecule has 5 heteroatoms. The molecular formula is C12H16N2O3. The van der Waals surface area contributed by atoms with E-state index in [2.05, 4.69) is 5.32 Å². The van der Waals surface area contributed by atoms with Gasteiger partial charge in [-0.15, -0.1) is 0 Å². The zero-order chi connectivity index (χ0) is 12.3. The van der Waals surface area contributed by atoms with Gasteiger partial charge in [0, 0.05) is 5.56 Å². The molecule has 0 atom stereocenters. The zero-order valence-electron chi connectivity index (χ0n) is 9.81. The molecule has 0 radical (unpaired) electrons. The number of hydrogen-bond donors (Lipinski definition) is 1. The summed E-state index contributed by atoms with van der Waals surface area (Å²) in [6.07, 6.45) is 0.943. The van der Waals surface area contributed by atoms with E-state index in [4.69, 9.17) is 4.74 Å². The van der Waals surface area contributed by atoms with E-state index >= 15 is 0 Å². The first-order chi connectivity index (χ1) is 8.18. The predicted octanol–water partition coefficient (Wildman–Crippen LogP) is 1.89. The standard InChI is InChI=1S/C12H16N2O3/c1-9-3-2-4-11(12(9)14(15)16)17-6-5-10-7-13-8-10/h2-4,10,13H,5-8H2,1H3. The van der Waals surface area contributed by atoms with E-state index in [9.17, 15) is 10.1 Å². The molecule has 1 N–H and O–H groups in total. The van der Waals surface area contributed by atoms with Gasteiger partial charge in [-0.25, -0.2) is 0 Å². The van der Waals surface area contributed by atoms with Crippen LogP contribution in [0.2, 0.25) is 0 Å². The Bertz CT molecular complexity index is 416. The lowest BCUT2D eigenvalue weighted by molar-refractivity contribution is -0.386. The first-order valence-electron chi connectivity index (χ1n) is 5.76. The molecule has 1 aromatic rings. The van der Waals surface area contributed by atoms with Gasteiger partial charge in [0.05, 0.1) is 11.5 Å². The molecule has 0 saturated carbocycles. The molecule has 1 aliphatic heterocycles. The molecule has 5 nitrogen and oxygen atoms in total. The summed E-state index contributed by atoms with van der Waals surface area (Å²) in [5, 5.41) is 14.1. The number of para-hydroxylation sites is 1. The van der Waals surface area contributed by atoms with E-state index in [0.29, 0.717) is 23.8 Å². The van der Waals surface area contributed by atoms with Crippen LogP contribution >= 0.6 is 0 Å². The summed E-state index contributed by atoms with van der Waals surface area (Å²) >= 11 is 0. The number of hydrogen-bond acceptors (Lipinski definition) is 4. The minimum absolute atomic E-state index is 0.0826. The maximum atomic E-state index is 10.9. The Hall–Kier alpha value is -1.62. The Balaban J connectivity index is 1.98. The highest BCUT2D eigenvalue weighted by Crippen LogP contribution is 2.30. The molecule has 1 heterocycles. The first-order valence-corrected chi connectivity index (χ1v) is 5.76. The number of rotatable bonds is 5. The van der Waals surface area contributed by atoms with E-state index in [-0.39, 0.29) is 10.6 Å². The topological polar surface area (TPSA) is 64.4 Å². The molecule has 1 aliphatic rings. The summed E-state index contributed by atoms with van der Waals surface area (Å²) in [6.45, 7) is 4.32. The Morgan fingerprint density at radius 1 is 1.53 bits per heavy atom. The largest absolute Gasteiger partial charge is 0.487 e. The van der Waals surface area contributed by atoms with Gasteiger partial charge in [0.2, 0.25) is 0 Å². The number of aryl methyl sites for hydroxylation is 1. The van der Waals surface area contributed by atoms with Crippen LogP contribution in [0.4, 0.5) is 5.69 Å². The van der Waals surface area contributed by atoms with Gasteiger partial charge in [0.25, 0.3) is 0 Å². The Labute approximate surface area is 99.9 Å². The van der Waals surface area contributed by atoms with Crippen LogP contribution in [0.1, 0.15) is 12.0 Å². The third kappa shape index (κ3) is 2.74. The van der Waals surface area contributed by atoms with Crippen molar-refractivity contribution in [3.8, 4) is 5.75 Å². The van der Waals surface area contributed by atoms with E-state index < -0.39 is 0 Å². The number of nitro groups is 1. The summed E-state index contributed by atoms with van der Waals surface area (Å²) in [7, 11) is 0. The van der Waals surface area contributed by atoms with Gasteiger partial charge in [-0.3, -0.25) is 10.1 Å². The number of ether oxygens (including phenoxy) is 1. The van der Waals surface area contributed by atoms with E-state index in [1.165, 1.54) is 0 Å². The molecule has 0 bridgehead atoms. The lowest BCUT2D eigenvalue weighted by Gasteiger charge is -2.26. The maximum Gasteiger partial charge on any atom is 0.313 e. The minimum Gasteiger partial charge on any atom is -0.487 e. The second-order valence-electron chi connectivity index (χ2n) is 4.34. The van der Waals surface area contributed by atoms with Crippen LogP contribution < -0.4 is 10.1 Å². The van der Waals surface area contributed by atoms with Crippen LogP contribution in [0.15, 0.2) is 18.2 Å². The molecule has 92 valence electrons. The Morgan fingerprint density at radius 3 is 2.88 bits per heavy atom. The molecule has 0 spiro atoms. The second-order valence-corrected chi connectivity index (χ2v) is 4.34. The molecule has 17 heavy (non-hydrogen) atoms. The molecule has 0 aromatic heterocycles. The predicted molar refractivity (Wildman–Crippen MR) is 64.3 cm³/mol. The first kappa shape index (κ1) is 11.9. The number of nitrogens with one attached hydrogen (secondary N) is 1. The summed E-state index contributed by atoms with van der Waals surface area (Å²) in [5.74, 6) is 1.03. The van der Waals surface area contributed by atoms with E-state index in [1.54, 1.807) is 25.1 Å². The van der Waals surface area contributed by atoms with Gasteiger partial charge in [0.15, 0.2) is 5.75 Å². The zero-order valence-corrected chi connectivity index (χ0v) is 9.81. The minimum atomic E-state index is -0.379. The third-order valence-electron chi connectivity index (χ3n) is 3.03. The molecule has 0 amide bonds. The van der Waals surface area contributed by atoms with Crippen LogP contribution in [0.5, 0.6) is 5.75 Å². The Morgan fingerprint density at radius 2 is 2.29 bits per heavy atom. The van der Waals surface area contributed by atoms with E-state index in [0.717, 1.165) is 19.5 Å². The van der Waals surface area contributed by atoms with Crippen LogP contribution in [-0.4, -0.2) is 24.6 Å². The average Bonchev–Trinajstić information content (AvgIpc) is 2.21.